The zero-order valence-corrected chi connectivity index (χ0v) is 27.2. The Bertz CT molecular complexity index is 2530. The lowest BCUT2D eigenvalue weighted by molar-refractivity contribution is 0.787. The smallest absolute Gasteiger partial charge is 0.0972 e. The molecule has 1 atom stereocenters. The van der Waals surface area contributed by atoms with E-state index in [1.54, 1.807) is 0 Å². The zero-order chi connectivity index (χ0) is 32.7. The minimum atomic E-state index is 0.112. The van der Waals surface area contributed by atoms with Crippen molar-refractivity contribution in [1.29, 1.82) is 0 Å². The molecule has 0 saturated carbocycles. The van der Waals surface area contributed by atoms with Gasteiger partial charge in [0.25, 0.3) is 0 Å². The van der Waals surface area contributed by atoms with E-state index < -0.39 is 0 Å². The molecule has 0 amide bonds. The molecule has 1 aliphatic carbocycles. The molecule has 0 spiro atoms. The number of hydrogen-bond acceptors (Lipinski definition) is 3. The summed E-state index contributed by atoms with van der Waals surface area (Å²) in [5.74, 6) is 0. The van der Waals surface area contributed by atoms with E-state index in [1.807, 2.05) is 30.3 Å². The van der Waals surface area contributed by atoms with E-state index in [1.165, 1.54) is 33.1 Å². The van der Waals surface area contributed by atoms with E-state index in [4.69, 9.17) is 9.97 Å². The van der Waals surface area contributed by atoms with E-state index in [2.05, 4.69) is 156 Å². The number of para-hydroxylation sites is 4. The van der Waals surface area contributed by atoms with Crippen molar-refractivity contribution in [1.82, 2.24) is 14.5 Å². The summed E-state index contributed by atoms with van der Waals surface area (Å²) < 4.78 is 2.38. The van der Waals surface area contributed by atoms with E-state index in [0.717, 1.165) is 51.4 Å². The van der Waals surface area contributed by atoms with Gasteiger partial charge in [0, 0.05) is 33.4 Å². The summed E-state index contributed by atoms with van der Waals surface area (Å²) in [7, 11) is 0. The normalized spacial score (nSPS) is 14.4. The highest BCUT2D eigenvalue weighted by atomic mass is 15.2. The van der Waals surface area contributed by atoms with Crippen molar-refractivity contribution in [2.75, 3.05) is 4.90 Å². The molecular formula is C45H34N4. The van der Waals surface area contributed by atoms with Crippen LogP contribution in [0.1, 0.15) is 17.7 Å². The Hall–Kier alpha value is -6.26. The molecule has 4 nitrogen and oxygen atoms in total. The lowest BCUT2D eigenvalue weighted by atomic mass is 9.95. The summed E-state index contributed by atoms with van der Waals surface area (Å²) in [6, 6.07) is 53.7. The largest absolute Gasteiger partial charge is 0.334 e. The van der Waals surface area contributed by atoms with Gasteiger partial charge in [0.15, 0.2) is 0 Å². The molecular weight excluding hydrogens is 597 g/mol. The Morgan fingerprint density at radius 3 is 1.90 bits per heavy atom. The molecule has 0 fully saturated rings. The highest BCUT2D eigenvalue weighted by Gasteiger charge is 2.24. The van der Waals surface area contributed by atoms with Crippen molar-refractivity contribution in [2.24, 2.45) is 0 Å². The van der Waals surface area contributed by atoms with Gasteiger partial charge in [-0.05, 0) is 85.6 Å². The number of rotatable bonds is 6. The minimum absolute atomic E-state index is 0.112. The molecule has 0 bridgehead atoms. The standard InChI is InChI=1S/C45H34N4/c1-31-21-27-42-38(29-31)39-30-37(26-28-43(39)49(42)35-17-9-4-10-18-35)48(34-15-7-3-8-16-34)36-24-22-33(23-25-36)45-44(32-13-5-2-6-14-32)46-40-19-11-12-20-41(40)47-45/h2-24,26-30,36H,25H2,1H3. The van der Waals surface area contributed by atoms with E-state index in [9.17, 15) is 0 Å². The van der Waals surface area contributed by atoms with Crippen molar-refractivity contribution < 1.29 is 0 Å². The third-order valence-electron chi connectivity index (χ3n) is 9.53. The average molecular weight is 631 g/mol. The minimum Gasteiger partial charge on any atom is -0.334 e. The average Bonchev–Trinajstić information content (AvgIpc) is 3.48. The number of anilines is 2. The number of nitrogens with zero attached hydrogens (tertiary/aromatic N) is 4. The van der Waals surface area contributed by atoms with Gasteiger partial charge in [0.2, 0.25) is 0 Å². The van der Waals surface area contributed by atoms with Gasteiger partial charge in [-0.3, -0.25) is 0 Å². The second-order valence-corrected chi connectivity index (χ2v) is 12.7. The topological polar surface area (TPSA) is 34.0 Å². The summed E-state index contributed by atoms with van der Waals surface area (Å²) >= 11 is 0. The fraction of sp³-hybridized carbons (Fsp3) is 0.0667. The first kappa shape index (κ1) is 28.9. The number of aryl methyl sites for hydroxylation is 1. The first-order chi connectivity index (χ1) is 24.2. The van der Waals surface area contributed by atoms with E-state index in [-0.39, 0.29) is 6.04 Å². The first-order valence-corrected chi connectivity index (χ1v) is 16.9. The fourth-order valence-corrected chi connectivity index (χ4v) is 7.23. The highest BCUT2D eigenvalue weighted by molar-refractivity contribution is 6.10. The van der Waals surface area contributed by atoms with Crippen LogP contribution in [0.4, 0.5) is 11.4 Å². The van der Waals surface area contributed by atoms with Gasteiger partial charge < -0.3 is 9.47 Å². The molecule has 9 rings (SSSR count). The number of allylic oxidation sites excluding steroid dienone is 2. The summed E-state index contributed by atoms with van der Waals surface area (Å²) in [5.41, 5.74) is 12.9. The molecule has 2 aromatic heterocycles. The van der Waals surface area contributed by atoms with Crippen molar-refractivity contribution in [3.63, 3.8) is 0 Å². The van der Waals surface area contributed by atoms with Crippen LogP contribution in [0.15, 0.2) is 170 Å². The van der Waals surface area contributed by atoms with Crippen LogP contribution in [0.3, 0.4) is 0 Å². The van der Waals surface area contributed by atoms with Crippen molar-refractivity contribution in [3.05, 3.63) is 181 Å². The monoisotopic (exact) mass is 630 g/mol. The Labute approximate surface area is 285 Å². The Morgan fingerprint density at radius 1 is 0.592 bits per heavy atom. The number of fused-ring (bicyclic) bond motifs is 4. The molecule has 0 radical (unpaired) electrons. The summed E-state index contributed by atoms with van der Waals surface area (Å²) in [6.07, 6.45) is 7.72. The highest BCUT2D eigenvalue weighted by Crippen LogP contribution is 2.39. The first-order valence-electron chi connectivity index (χ1n) is 16.9. The lowest BCUT2D eigenvalue weighted by Crippen LogP contribution is -2.30. The second kappa shape index (κ2) is 12.1. The molecule has 234 valence electrons. The van der Waals surface area contributed by atoms with Gasteiger partial charge in [-0.2, -0.15) is 0 Å². The van der Waals surface area contributed by atoms with Gasteiger partial charge >= 0.3 is 0 Å². The van der Waals surface area contributed by atoms with Crippen LogP contribution in [0, 0.1) is 6.92 Å². The second-order valence-electron chi connectivity index (χ2n) is 12.7. The Balaban J connectivity index is 1.15. The van der Waals surface area contributed by atoms with Crippen LogP contribution in [-0.2, 0) is 0 Å². The van der Waals surface area contributed by atoms with Crippen LogP contribution in [0.2, 0.25) is 0 Å². The summed E-state index contributed by atoms with van der Waals surface area (Å²) in [6.45, 7) is 2.17. The molecule has 0 saturated heterocycles. The predicted octanol–water partition coefficient (Wildman–Crippen LogP) is 11.3. The van der Waals surface area contributed by atoms with Crippen molar-refractivity contribution in [3.8, 4) is 16.9 Å². The molecule has 0 N–H and O–H groups in total. The van der Waals surface area contributed by atoms with E-state index >= 15 is 0 Å². The van der Waals surface area contributed by atoms with Crippen LogP contribution >= 0.6 is 0 Å². The predicted molar refractivity (Wildman–Crippen MR) is 205 cm³/mol. The molecule has 8 aromatic rings. The molecule has 1 aliphatic rings. The maximum absolute atomic E-state index is 5.16. The molecule has 6 aromatic carbocycles. The molecule has 0 aliphatic heterocycles. The van der Waals surface area contributed by atoms with E-state index in [0.29, 0.717) is 0 Å². The van der Waals surface area contributed by atoms with Crippen LogP contribution < -0.4 is 4.90 Å². The summed E-state index contributed by atoms with van der Waals surface area (Å²) in [5, 5.41) is 2.51. The summed E-state index contributed by atoms with van der Waals surface area (Å²) in [4.78, 5) is 12.7. The van der Waals surface area contributed by atoms with Crippen LogP contribution in [0.5, 0.6) is 0 Å². The Morgan fingerprint density at radius 2 is 1.20 bits per heavy atom. The third-order valence-corrected chi connectivity index (χ3v) is 9.53. The van der Waals surface area contributed by atoms with Gasteiger partial charge in [-0.15, -0.1) is 0 Å². The molecule has 49 heavy (non-hydrogen) atoms. The van der Waals surface area contributed by atoms with Crippen molar-refractivity contribution >= 4 is 49.8 Å². The van der Waals surface area contributed by atoms with Gasteiger partial charge in [-0.1, -0.05) is 109 Å². The van der Waals surface area contributed by atoms with Crippen molar-refractivity contribution in [2.45, 2.75) is 19.4 Å². The van der Waals surface area contributed by atoms with Crippen LogP contribution in [0.25, 0.3) is 55.4 Å². The lowest BCUT2D eigenvalue weighted by Gasteiger charge is -2.33. The number of benzene rings is 6. The number of hydrogen-bond donors (Lipinski definition) is 0. The molecule has 2 heterocycles. The van der Waals surface area contributed by atoms with Gasteiger partial charge in [0.05, 0.1) is 39.5 Å². The zero-order valence-electron chi connectivity index (χ0n) is 27.2. The van der Waals surface area contributed by atoms with Gasteiger partial charge in [0.1, 0.15) is 0 Å². The quantitative estimate of drug-likeness (QED) is 0.183. The third kappa shape index (κ3) is 5.19. The van der Waals surface area contributed by atoms with Crippen LogP contribution in [-0.4, -0.2) is 20.6 Å². The van der Waals surface area contributed by atoms with Gasteiger partial charge in [-0.25, -0.2) is 9.97 Å². The number of aromatic nitrogens is 3. The fourth-order valence-electron chi connectivity index (χ4n) is 7.23. The molecule has 4 heteroatoms. The maximum atomic E-state index is 5.16. The molecule has 1 unspecified atom stereocenters. The Kier molecular flexibility index (Phi) is 7.13. The SMILES string of the molecule is Cc1ccc2c(c1)c1cc(N(c3ccccc3)C3C=CC(c4nc5ccccc5nc4-c4ccccc4)=CC3)ccc1n2-c1ccccc1. The maximum Gasteiger partial charge on any atom is 0.0972 e.